The van der Waals surface area contributed by atoms with E-state index in [9.17, 15) is 4.79 Å². The molecule has 2 fully saturated rings. The molecule has 0 N–H and O–H groups in total. The highest BCUT2D eigenvalue weighted by atomic mass is 16.5. The molecule has 138 valence electrons. The molecular weight excluding hydrogens is 316 g/mol. The van der Waals surface area contributed by atoms with Crippen LogP contribution in [0.1, 0.15) is 38.2 Å². The largest absolute Gasteiger partial charge is 0.493 e. The predicted octanol–water partition coefficient (Wildman–Crippen LogP) is 2.72. The molecule has 2 saturated heterocycles. The minimum atomic E-state index is 0.234. The van der Waals surface area contributed by atoms with Gasteiger partial charge in [-0.15, -0.1) is 0 Å². The van der Waals surface area contributed by atoms with Gasteiger partial charge in [0.2, 0.25) is 5.91 Å². The fraction of sp³-hybridized carbons (Fsp3) is 0.650. The van der Waals surface area contributed by atoms with Crippen LogP contribution in [-0.2, 0) is 11.2 Å². The number of ether oxygens (including phenoxy) is 2. The van der Waals surface area contributed by atoms with Crippen molar-refractivity contribution in [3.05, 3.63) is 23.8 Å². The minimum Gasteiger partial charge on any atom is -0.493 e. The second kappa shape index (κ2) is 8.09. The van der Waals surface area contributed by atoms with E-state index in [0.717, 1.165) is 31.5 Å². The Morgan fingerprint density at radius 2 is 1.80 bits per heavy atom. The number of benzene rings is 1. The molecule has 0 aromatic heterocycles. The van der Waals surface area contributed by atoms with Crippen molar-refractivity contribution in [2.45, 2.75) is 51.1 Å². The predicted molar refractivity (Wildman–Crippen MR) is 98.3 cm³/mol. The number of likely N-dealkylation sites (N-methyl/N-ethyl adjacent to an activating group) is 1. The first kappa shape index (κ1) is 18.1. The summed E-state index contributed by atoms with van der Waals surface area (Å²) >= 11 is 0. The van der Waals surface area contributed by atoms with E-state index in [0.29, 0.717) is 30.0 Å². The van der Waals surface area contributed by atoms with Gasteiger partial charge in [-0.05, 0) is 56.5 Å². The maximum absolute atomic E-state index is 13.0. The van der Waals surface area contributed by atoms with Crippen LogP contribution in [0.25, 0.3) is 0 Å². The fourth-order valence-electron chi connectivity index (χ4n) is 4.45. The number of hydrogen-bond acceptors (Lipinski definition) is 4. The molecule has 2 atom stereocenters. The second-order valence-corrected chi connectivity index (χ2v) is 7.00. The summed E-state index contributed by atoms with van der Waals surface area (Å²) in [4.78, 5) is 17.6. The van der Waals surface area contributed by atoms with Crippen molar-refractivity contribution >= 4 is 5.91 Å². The molecule has 0 spiro atoms. The number of likely N-dealkylation sites (tertiary alicyclic amines) is 2. The quantitative estimate of drug-likeness (QED) is 0.794. The Balaban J connectivity index is 1.70. The van der Waals surface area contributed by atoms with Crippen LogP contribution < -0.4 is 9.47 Å². The Morgan fingerprint density at radius 1 is 1.08 bits per heavy atom. The highest BCUT2D eigenvalue weighted by molar-refractivity contribution is 5.79. The van der Waals surface area contributed by atoms with Crippen LogP contribution in [-0.4, -0.2) is 61.6 Å². The van der Waals surface area contributed by atoms with Crippen molar-refractivity contribution in [2.75, 3.05) is 33.9 Å². The SMILES string of the molecule is CCN1CCC[C@@H]1[C@@H]1CCCN1C(=O)Cc1ccc(OC)c(OC)c1. The van der Waals surface area contributed by atoms with Gasteiger partial charge in [-0.2, -0.15) is 0 Å². The van der Waals surface area contributed by atoms with Crippen molar-refractivity contribution in [3.8, 4) is 11.5 Å². The topological polar surface area (TPSA) is 42.0 Å². The fourth-order valence-corrected chi connectivity index (χ4v) is 4.45. The average Bonchev–Trinajstić information content (AvgIpc) is 3.29. The molecule has 25 heavy (non-hydrogen) atoms. The number of amides is 1. The van der Waals surface area contributed by atoms with Gasteiger partial charge in [-0.25, -0.2) is 0 Å². The van der Waals surface area contributed by atoms with Gasteiger partial charge in [-0.1, -0.05) is 13.0 Å². The molecule has 1 aromatic carbocycles. The maximum atomic E-state index is 13.0. The van der Waals surface area contributed by atoms with E-state index < -0.39 is 0 Å². The van der Waals surface area contributed by atoms with E-state index >= 15 is 0 Å². The zero-order valence-electron chi connectivity index (χ0n) is 15.7. The molecule has 2 aliphatic rings. The molecule has 1 amide bonds. The molecule has 1 aromatic rings. The lowest BCUT2D eigenvalue weighted by atomic mass is 10.0. The summed E-state index contributed by atoms with van der Waals surface area (Å²) in [6.45, 7) is 5.38. The van der Waals surface area contributed by atoms with Crippen LogP contribution in [0.5, 0.6) is 11.5 Å². The lowest BCUT2D eigenvalue weighted by Gasteiger charge is -2.34. The van der Waals surface area contributed by atoms with E-state index in [1.54, 1.807) is 14.2 Å². The summed E-state index contributed by atoms with van der Waals surface area (Å²) in [6.07, 6.45) is 5.16. The Morgan fingerprint density at radius 3 is 2.52 bits per heavy atom. The number of hydrogen-bond donors (Lipinski definition) is 0. The first-order chi connectivity index (χ1) is 12.2. The van der Waals surface area contributed by atoms with Crippen LogP contribution >= 0.6 is 0 Å². The van der Waals surface area contributed by atoms with Gasteiger partial charge in [0.15, 0.2) is 11.5 Å². The lowest BCUT2D eigenvalue weighted by Crippen LogP contribution is -2.48. The van der Waals surface area contributed by atoms with Crippen LogP contribution in [0.2, 0.25) is 0 Å². The van der Waals surface area contributed by atoms with Gasteiger partial charge in [0, 0.05) is 18.6 Å². The Kier molecular flexibility index (Phi) is 5.84. The zero-order valence-corrected chi connectivity index (χ0v) is 15.7. The van der Waals surface area contributed by atoms with Crippen LogP contribution in [0, 0.1) is 0 Å². The summed E-state index contributed by atoms with van der Waals surface area (Å²) in [6, 6.07) is 6.67. The summed E-state index contributed by atoms with van der Waals surface area (Å²) in [5.41, 5.74) is 0.979. The number of carbonyl (C=O) groups is 1. The maximum Gasteiger partial charge on any atom is 0.227 e. The Labute approximate surface area is 150 Å². The molecule has 0 bridgehead atoms. The monoisotopic (exact) mass is 346 g/mol. The van der Waals surface area contributed by atoms with Gasteiger partial charge < -0.3 is 14.4 Å². The van der Waals surface area contributed by atoms with Gasteiger partial charge in [0.25, 0.3) is 0 Å². The molecule has 3 rings (SSSR count). The summed E-state index contributed by atoms with van der Waals surface area (Å²) in [5, 5.41) is 0. The molecule has 0 saturated carbocycles. The van der Waals surface area contributed by atoms with E-state index in [-0.39, 0.29) is 5.91 Å². The first-order valence-corrected chi connectivity index (χ1v) is 9.42. The average molecular weight is 346 g/mol. The van der Waals surface area contributed by atoms with Crippen LogP contribution in [0.3, 0.4) is 0 Å². The van der Waals surface area contributed by atoms with E-state index in [1.165, 1.54) is 19.4 Å². The smallest absolute Gasteiger partial charge is 0.227 e. The van der Waals surface area contributed by atoms with Gasteiger partial charge >= 0.3 is 0 Å². The van der Waals surface area contributed by atoms with Crippen LogP contribution in [0.4, 0.5) is 0 Å². The van der Waals surface area contributed by atoms with Gasteiger partial charge in [0.1, 0.15) is 0 Å². The summed E-state index contributed by atoms with van der Waals surface area (Å²) in [7, 11) is 3.25. The molecule has 2 aliphatic heterocycles. The number of rotatable bonds is 6. The van der Waals surface area contributed by atoms with Gasteiger partial charge in [-0.3, -0.25) is 9.69 Å². The van der Waals surface area contributed by atoms with Crippen molar-refractivity contribution < 1.29 is 14.3 Å². The van der Waals surface area contributed by atoms with Gasteiger partial charge in [0.05, 0.1) is 20.6 Å². The molecule has 0 aliphatic carbocycles. The third-order valence-electron chi connectivity index (χ3n) is 5.69. The lowest BCUT2D eigenvalue weighted by molar-refractivity contribution is -0.132. The Hall–Kier alpha value is -1.75. The van der Waals surface area contributed by atoms with E-state index in [2.05, 4.69) is 16.7 Å². The minimum absolute atomic E-state index is 0.234. The third kappa shape index (κ3) is 3.76. The normalized spacial score (nSPS) is 23.9. The number of nitrogens with zero attached hydrogens (tertiary/aromatic N) is 2. The van der Waals surface area contributed by atoms with Crippen molar-refractivity contribution in [2.24, 2.45) is 0 Å². The van der Waals surface area contributed by atoms with E-state index in [1.807, 2.05) is 18.2 Å². The van der Waals surface area contributed by atoms with Crippen molar-refractivity contribution in [1.29, 1.82) is 0 Å². The molecule has 5 nitrogen and oxygen atoms in total. The number of methoxy groups -OCH3 is 2. The second-order valence-electron chi connectivity index (χ2n) is 7.00. The van der Waals surface area contributed by atoms with Crippen molar-refractivity contribution in [1.82, 2.24) is 9.80 Å². The molecule has 5 heteroatoms. The number of carbonyl (C=O) groups excluding carboxylic acids is 1. The molecule has 0 radical (unpaired) electrons. The molecular formula is C20H30N2O3. The standard InChI is InChI=1S/C20H30N2O3/c1-4-21-11-5-7-16(21)17-8-6-12-22(17)20(23)14-15-9-10-18(24-2)19(13-15)25-3/h9-10,13,16-17H,4-8,11-12,14H2,1-3H3/t16-,17+/m1/s1. The molecule has 2 heterocycles. The zero-order chi connectivity index (χ0) is 17.8. The third-order valence-corrected chi connectivity index (χ3v) is 5.69. The first-order valence-electron chi connectivity index (χ1n) is 9.42. The molecule has 0 unspecified atom stereocenters. The summed E-state index contributed by atoms with van der Waals surface area (Å²) < 4.78 is 10.6. The van der Waals surface area contributed by atoms with E-state index in [4.69, 9.17) is 9.47 Å². The van der Waals surface area contributed by atoms with Crippen LogP contribution in [0.15, 0.2) is 18.2 Å². The highest BCUT2D eigenvalue weighted by Crippen LogP contribution is 2.31. The summed E-state index contributed by atoms with van der Waals surface area (Å²) in [5.74, 6) is 1.61. The van der Waals surface area contributed by atoms with Crippen molar-refractivity contribution in [3.63, 3.8) is 0 Å². The highest BCUT2D eigenvalue weighted by Gasteiger charge is 2.38. The Bertz CT molecular complexity index is 605.